The third kappa shape index (κ3) is 2.54. The summed E-state index contributed by atoms with van der Waals surface area (Å²) in [5.41, 5.74) is 0.872. The van der Waals surface area contributed by atoms with Crippen molar-refractivity contribution in [1.82, 2.24) is 25.1 Å². The summed E-state index contributed by atoms with van der Waals surface area (Å²) >= 11 is 0. The molecule has 0 unspecified atom stereocenters. The van der Waals surface area contributed by atoms with Gasteiger partial charge < -0.3 is 5.11 Å². The first-order valence-corrected chi connectivity index (χ1v) is 6.52. The Morgan fingerprint density at radius 3 is 3.00 bits per heavy atom. The maximum Gasteiger partial charge on any atom is 0.165 e. The van der Waals surface area contributed by atoms with Crippen molar-refractivity contribution in [3.8, 4) is 0 Å². The largest absolute Gasteiger partial charge is 0.392 e. The van der Waals surface area contributed by atoms with E-state index in [2.05, 4.69) is 20.4 Å². The lowest BCUT2D eigenvalue weighted by Gasteiger charge is -2.23. The van der Waals surface area contributed by atoms with Gasteiger partial charge in [-0.1, -0.05) is 12.1 Å². The van der Waals surface area contributed by atoms with Crippen molar-refractivity contribution >= 4 is 0 Å². The fourth-order valence-electron chi connectivity index (χ4n) is 2.68. The number of β-amino-alcohol motifs (C(OH)–C–C–N with tert-alkyl or cyclic N) is 1. The van der Waals surface area contributed by atoms with Crippen LogP contribution in [0.4, 0.5) is 4.39 Å². The molecule has 1 aromatic heterocycles. The van der Waals surface area contributed by atoms with Crippen LogP contribution >= 0.6 is 0 Å². The van der Waals surface area contributed by atoms with Crippen LogP contribution in [0, 0.1) is 5.82 Å². The smallest absolute Gasteiger partial charge is 0.165 e. The van der Waals surface area contributed by atoms with Crippen molar-refractivity contribution in [2.75, 3.05) is 6.54 Å². The van der Waals surface area contributed by atoms with E-state index in [1.807, 2.05) is 6.07 Å². The minimum Gasteiger partial charge on any atom is -0.392 e. The van der Waals surface area contributed by atoms with E-state index < -0.39 is 6.10 Å². The van der Waals surface area contributed by atoms with E-state index in [9.17, 15) is 9.50 Å². The molecule has 1 aromatic carbocycles. The molecule has 1 aliphatic heterocycles. The van der Waals surface area contributed by atoms with Gasteiger partial charge in [0.05, 0.1) is 12.6 Å². The average molecular weight is 277 g/mol. The molecule has 2 aromatic rings. The van der Waals surface area contributed by atoms with Crippen molar-refractivity contribution in [3.05, 3.63) is 41.5 Å². The van der Waals surface area contributed by atoms with Crippen LogP contribution in [-0.4, -0.2) is 42.9 Å². The quantitative estimate of drug-likeness (QED) is 0.892. The van der Waals surface area contributed by atoms with Gasteiger partial charge in [-0.3, -0.25) is 4.90 Å². The molecule has 20 heavy (non-hydrogen) atoms. The first-order valence-electron chi connectivity index (χ1n) is 6.52. The predicted molar refractivity (Wildman–Crippen MR) is 69.0 cm³/mol. The number of benzene rings is 1. The van der Waals surface area contributed by atoms with Gasteiger partial charge in [0.1, 0.15) is 5.82 Å². The summed E-state index contributed by atoms with van der Waals surface area (Å²) in [5, 5.41) is 21.3. The topological polar surface area (TPSA) is 67.1 Å². The highest BCUT2D eigenvalue weighted by Crippen LogP contribution is 2.33. The van der Waals surface area contributed by atoms with E-state index >= 15 is 0 Å². The maximum atomic E-state index is 13.4. The van der Waals surface area contributed by atoms with Crippen LogP contribution in [-0.2, 0) is 13.6 Å². The number of hydrogen-bond acceptors (Lipinski definition) is 5. The van der Waals surface area contributed by atoms with Gasteiger partial charge in [0.15, 0.2) is 5.82 Å². The number of aliphatic hydroxyl groups is 1. The SMILES string of the molecule is Cn1nnnc1CN1C[C@@H](O)C[C@@H]1c1cccc(F)c1. The Labute approximate surface area is 115 Å². The molecule has 1 N–H and O–H groups in total. The van der Waals surface area contributed by atoms with Gasteiger partial charge in [-0.2, -0.15) is 0 Å². The van der Waals surface area contributed by atoms with Gasteiger partial charge >= 0.3 is 0 Å². The summed E-state index contributed by atoms with van der Waals surface area (Å²) in [4.78, 5) is 2.07. The highest BCUT2D eigenvalue weighted by molar-refractivity contribution is 5.21. The van der Waals surface area contributed by atoms with E-state index in [1.165, 1.54) is 12.1 Å². The van der Waals surface area contributed by atoms with Crippen LogP contribution in [0.1, 0.15) is 23.9 Å². The lowest BCUT2D eigenvalue weighted by atomic mass is 10.0. The highest BCUT2D eigenvalue weighted by atomic mass is 19.1. The normalized spacial score (nSPS) is 23.4. The molecule has 106 valence electrons. The number of aromatic nitrogens is 4. The van der Waals surface area contributed by atoms with Crippen molar-refractivity contribution in [1.29, 1.82) is 0 Å². The van der Waals surface area contributed by atoms with Crippen molar-refractivity contribution in [2.45, 2.75) is 25.1 Å². The predicted octanol–water partition coefficient (Wildman–Crippen LogP) is 0.657. The number of hydrogen-bond donors (Lipinski definition) is 1. The van der Waals surface area contributed by atoms with E-state index in [4.69, 9.17) is 0 Å². The van der Waals surface area contributed by atoms with Crippen LogP contribution in [0.15, 0.2) is 24.3 Å². The Morgan fingerprint density at radius 2 is 2.30 bits per heavy atom. The zero-order chi connectivity index (χ0) is 14.1. The summed E-state index contributed by atoms with van der Waals surface area (Å²) in [6, 6.07) is 6.50. The van der Waals surface area contributed by atoms with Gasteiger partial charge in [0, 0.05) is 19.6 Å². The second-order valence-corrected chi connectivity index (χ2v) is 5.11. The molecule has 0 bridgehead atoms. The van der Waals surface area contributed by atoms with Crippen LogP contribution in [0.25, 0.3) is 0 Å². The Bertz CT molecular complexity index is 602. The minimum atomic E-state index is -0.413. The van der Waals surface area contributed by atoms with E-state index in [-0.39, 0.29) is 11.9 Å². The molecule has 1 aliphatic rings. The highest BCUT2D eigenvalue weighted by Gasteiger charge is 2.33. The maximum absolute atomic E-state index is 13.4. The van der Waals surface area contributed by atoms with E-state index in [1.54, 1.807) is 17.8 Å². The van der Waals surface area contributed by atoms with Gasteiger partial charge in [-0.25, -0.2) is 9.07 Å². The molecule has 0 amide bonds. The lowest BCUT2D eigenvalue weighted by Crippen LogP contribution is -2.26. The van der Waals surface area contributed by atoms with Gasteiger partial charge in [-0.05, 0) is 34.5 Å². The second-order valence-electron chi connectivity index (χ2n) is 5.11. The van der Waals surface area contributed by atoms with Crippen LogP contribution in [0.5, 0.6) is 0 Å². The molecule has 2 atom stereocenters. The van der Waals surface area contributed by atoms with Crippen molar-refractivity contribution < 1.29 is 9.50 Å². The number of likely N-dealkylation sites (tertiary alicyclic amines) is 1. The molecule has 0 saturated carbocycles. The lowest BCUT2D eigenvalue weighted by molar-refractivity contribution is 0.170. The number of nitrogens with zero attached hydrogens (tertiary/aromatic N) is 5. The number of aryl methyl sites for hydroxylation is 1. The van der Waals surface area contributed by atoms with Crippen LogP contribution in [0.3, 0.4) is 0 Å². The second kappa shape index (κ2) is 5.26. The monoisotopic (exact) mass is 277 g/mol. The van der Waals surface area contributed by atoms with Crippen LogP contribution < -0.4 is 0 Å². The molecule has 7 heteroatoms. The minimum absolute atomic E-state index is 0.0163. The Kier molecular flexibility index (Phi) is 3.45. The average Bonchev–Trinajstić information content (AvgIpc) is 2.97. The molecular formula is C13H16FN5O. The molecule has 0 spiro atoms. The summed E-state index contributed by atoms with van der Waals surface area (Å²) in [5.74, 6) is 0.463. The van der Waals surface area contributed by atoms with Crippen molar-refractivity contribution in [2.24, 2.45) is 7.05 Å². The molecule has 3 rings (SSSR count). The molecule has 0 aliphatic carbocycles. The third-order valence-corrected chi connectivity index (χ3v) is 3.67. The number of tetrazole rings is 1. The fraction of sp³-hybridized carbons (Fsp3) is 0.462. The Hall–Kier alpha value is -1.86. The zero-order valence-electron chi connectivity index (χ0n) is 11.1. The first-order chi connectivity index (χ1) is 9.63. The Balaban J connectivity index is 1.83. The zero-order valence-corrected chi connectivity index (χ0v) is 11.1. The number of aliphatic hydroxyl groups excluding tert-OH is 1. The summed E-state index contributed by atoms with van der Waals surface area (Å²) in [6.07, 6.45) is 0.179. The molecule has 0 radical (unpaired) electrons. The summed E-state index contributed by atoms with van der Waals surface area (Å²) in [6.45, 7) is 1.07. The van der Waals surface area contributed by atoms with Crippen molar-refractivity contribution in [3.63, 3.8) is 0 Å². The molecule has 6 nitrogen and oxygen atoms in total. The Morgan fingerprint density at radius 1 is 1.45 bits per heavy atom. The van der Waals surface area contributed by atoms with Gasteiger partial charge in [0.25, 0.3) is 0 Å². The van der Waals surface area contributed by atoms with Gasteiger partial charge in [0.2, 0.25) is 0 Å². The third-order valence-electron chi connectivity index (χ3n) is 3.67. The van der Waals surface area contributed by atoms with E-state index in [0.29, 0.717) is 19.5 Å². The first kappa shape index (κ1) is 13.1. The number of halogens is 1. The standard InChI is InChI=1S/C13H16FN5O/c1-18-13(15-16-17-18)8-19-7-11(20)6-12(19)9-3-2-4-10(14)5-9/h2-5,11-12,20H,6-8H2,1H3/t11-,12+/m0/s1. The molecule has 2 heterocycles. The molecule has 1 saturated heterocycles. The van der Waals surface area contributed by atoms with Crippen LogP contribution in [0.2, 0.25) is 0 Å². The molecular weight excluding hydrogens is 261 g/mol. The fourth-order valence-corrected chi connectivity index (χ4v) is 2.68. The van der Waals surface area contributed by atoms with Gasteiger partial charge in [-0.15, -0.1) is 5.10 Å². The van der Waals surface area contributed by atoms with E-state index in [0.717, 1.165) is 11.4 Å². The summed E-state index contributed by atoms with van der Waals surface area (Å²) in [7, 11) is 1.78. The number of rotatable bonds is 3. The summed E-state index contributed by atoms with van der Waals surface area (Å²) < 4.78 is 15.0. The molecule has 1 fully saturated rings.